The van der Waals surface area contributed by atoms with Gasteiger partial charge >= 0.3 is 12.1 Å². The molecule has 5 nitrogen and oxygen atoms in total. The van der Waals surface area contributed by atoms with Gasteiger partial charge < -0.3 is 14.9 Å². The van der Waals surface area contributed by atoms with Crippen LogP contribution in [0.3, 0.4) is 0 Å². The minimum atomic E-state index is -4.58. The predicted octanol–water partition coefficient (Wildman–Crippen LogP) is 4.22. The molecule has 0 aromatic rings. The summed E-state index contributed by atoms with van der Waals surface area (Å²) < 4.78 is 38.5. The Hall–Kier alpha value is -1.83. The Morgan fingerprint density at radius 1 is 1.14 bits per heavy atom. The van der Waals surface area contributed by atoms with Crippen molar-refractivity contribution in [3.8, 4) is 0 Å². The number of hydrogen-bond acceptors (Lipinski definition) is 4. The minimum Gasteiger partial charge on any atom is -0.477 e. The Kier molecular flexibility index (Phi) is 7.69. The number of carboxylic acids is 1. The number of aliphatic imine (C=N–C) groups is 1. The molecule has 0 radical (unpaired) electrons. The number of aliphatic carboxylic acids is 1. The third-order valence-corrected chi connectivity index (χ3v) is 5.58. The van der Waals surface area contributed by atoms with Crippen molar-refractivity contribution in [2.45, 2.75) is 65.1 Å². The van der Waals surface area contributed by atoms with Crippen LogP contribution in [0.15, 0.2) is 28.0 Å². The van der Waals surface area contributed by atoms with Crippen molar-refractivity contribution in [3.63, 3.8) is 0 Å². The fraction of sp³-hybridized carbons (Fsp3) is 0.700. The normalized spacial score (nSPS) is 21.9. The number of nitrogens with zero attached hydrogens (tertiary/aromatic N) is 3. The van der Waals surface area contributed by atoms with Crippen LogP contribution in [0, 0.1) is 0 Å². The Morgan fingerprint density at radius 3 is 2.18 bits per heavy atom. The molecule has 8 heteroatoms. The SMILES string of the molecule is CC/C(C)=C(/N=C(\C=C(/C)C(F)(F)F)C(=O)O)N1CCC(N2CCCC2)CC1. The third kappa shape index (κ3) is 5.83. The quantitative estimate of drug-likeness (QED) is 0.677. The van der Waals surface area contributed by atoms with Crippen molar-refractivity contribution >= 4 is 11.7 Å². The molecule has 28 heavy (non-hydrogen) atoms. The standard InChI is InChI=1S/C20H30F3N3O2/c1-4-14(2)18(24-17(19(27)28)13-15(3)20(21,22)23)26-11-7-16(8-12-26)25-9-5-6-10-25/h13,16H,4-12H2,1-3H3,(H,27,28)/b15-13+,18-14-,24-17+. The Morgan fingerprint density at radius 2 is 1.71 bits per heavy atom. The van der Waals surface area contributed by atoms with E-state index in [1.165, 1.54) is 12.8 Å². The highest BCUT2D eigenvalue weighted by Gasteiger charge is 2.31. The molecule has 2 aliphatic heterocycles. The van der Waals surface area contributed by atoms with Gasteiger partial charge in [0.2, 0.25) is 0 Å². The summed E-state index contributed by atoms with van der Waals surface area (Å²) in [4.78, 5) is 20.2. The van der Waals surface area contributed by atoms with E-state index in [1.54, 1.807) is 0 Å². The topological polar surface area (TPSA) is 56.1 Å². The van der Waals surface area contributed by atoms with Crippen LogP contribution in [0.2, 0.25) is 0 Å². The molecule has 0 unspecified atom stereocenters. The molecule has 0 atom stereocenters. The number of rotatable bonds is 6. The number of hydrogen-bond donors (Lipinski definition) is 1. The van der Waals surface area contributed by atoms with Gasteiger partial charge in [-0.1, -0.05) is 6.92 Å². The van der Waals surface area contributed by atoms with Gasteiger partial charge in [0.15, 0.2) is 5.71 Å². The maximum Gasteiger partial charge on any atom is 0.412 e. The number of carbonyl (C=O) groups is 1. The summed E-state index contributed by atoms with van der Waals surface area (Å²) in [6.07, 6.45) is 1.07. The van der Waals surface area contributed by atoms with E-state index in [1.807, 2.05) is 18.7 Å². The number of piperidine rings is 1. The van der Waals surface area contributed by atoms with E-state index in [2.05, 4.69) is 9.89 Å². The average molecular weight is 401 g/mol. The van der Waals surface area contributed by atoms with E-state index >= 15 is 0 Å². The van der Waals surface area contributed by atoms with Crippen LogP contribution in [-0.2, 0) is 4.79 Å². The van der Waals surface area contributed by atoms with Crippen molar-refractivity contribution in [1.29, 1.82) is 0 Å². The summed E-state index contributed by atoms with van der Waals surface area (Å²) in [6.45, 7) is 8.35. The second-order valence-corrected chi connectivity index (χ2v) is 7.55. The van der Waals surface area contributed by atoms with Crippen LogP contribution in [-0.4, -0.2) is 65.0 Å². The van der Waals surface area contributed by atoms with Gasteiger partial charge in [-0.2, -0.15) is 13.2 Å². The molecule has 2 rings (SSSR count). The van der Waals surface area contributed by atoms with Crippen molar-refractivity contribution in [1.82, 2.24) is 9.80 Å². The van der Waals surface area contributed by atoms with Gasteiger partial charge in [0.1, 0.15) is 5.82 Å². The van der Waals surface area contributed by atoms with E-state index in [4.69, 9.17) is 0 Å². The largest absolute Gasteiger partial charge is 0.477 e. The molecule has 0 bridgehead atoms. The zero-order chi connectivity index (χ0) is 20.9. The highest BCUT2D eigenvalue weighted by molar-refractivity contribution is 6.40. The Bertz CT molecular complexity index is 654. The van der Waals surface area contributed by atoms with Crippen LogP contribution in [0.25, 0.3) is 0 Å². The van der Waals surface area contributed by atoms with Crippen LogP contribution in [0.4, 0.5) is 13.2 Å². The summed E-state index contributed by atoms with van der Waals surface area (Å²) in [6, 6.07) is 0.525. The number of halogens is 3. The van der Waals surface area contributed by atoms with Gasteiger partial charge in [-0.15, -0.1) is 0 Å². The summed E-state index contributed by atoms with van der Waals surface area (Å²) in [7, 11) is 0. The van der Waals surface area contributed by atoms with E-state index in [0.29, 0.717) is 24.4 Å². The molecule has 2 fully saturated rings. The van der Waals surface area contributed by atoms with E-state index in [9.17, 15) is 23.1 Å². The number of allylic oxidation sites excluding steroid dienone is 2. The predicted molar refractivity (Wildman–Crippen MR) is 103 cm³/mol. The first-order chi connectivity index (χ1) is 13.1. The molecule has 0 aliphatic carbocycles. The smallest absolute Gasteiger partial charge is 0.412 e. The van der Waals surface area contributed by atoms with E-state index in [-0.39, 0.29) is 0 Å². The van der Waals surface area contributed by atoms with E-state index < -0.39 is 23.4 Å². The first-order valence-corrected chi connectivity index (χ1v) is 9.89. The average Bonchev–Trinajstić information content (AvgIpc) is 3.18. The lowest BCUT2D eigenvalue weighted by atomic mass is 10.0. The molecule has 0 amide bonds. The lowest BCUT2D eigenvalue weighted by Gasteiger charge is -2.38. The number of carboxylic acid groups (broad SMARTS) is 1. The van der Waals surface area contributed by atoms with Gasteiger partial charge in [0.05, 0.1) is 0 Å². The molecular formula is C20H30F3N3O2. The molecule has 1 N–H and O–H groups in total. The van der Waals surface area contributed by atoms with Crippen LogP contribution in [0.5, 0.6) is 0 Å². The molecule has 0 spiro atoms. The number of likely N-dealkylation sites (tertiary alicyclic amines) is 2. The van der Waals surface area contributed by atoms with Gasteiger partial charge in [0.25, 0.3) is 0 Å². The van der Waals surface area contributed by atoms with Crippen LogP contribution < -0.4 is 0 Å². The Balaban J connectivity index is 2.23. The van der Waals surface area contributed by atoms with Gasteiger partial charge in [-0.25, -0.2) is 9.79 Å². The zero-order valence-electron chi connectivity index (χ0n) is 16.8. The fourth-order valence-corrected chi connectivity index (χ4v) is 3.69. The molecule has 2 saturated heterocycles. The van der Waals surface area contributed by atoms with Crippen molar-refractivity contribution < 1.29 is 23.1 Å². The van der Waals surface area contributed by atoms with Crippen LogP contribution >= 0.6 is 0 Å². The van der Waals surface area contributed by atoms with Crippen molar-refractivity contribution in [2.24, 2.45) is 4.99 Å². The summed E-state index contributed by atoms with van der Waals surface area (Å²) in [5, 5.41) is 9.38. The highest BCUT2D eigenvalue weighted by atomic mass is 19.4. The molecule has 0 aromatic heterocycles. The zero-order valence-corrected chi connectivity index (χ0v) is 16.8. The second kappa shape index (κ2) is 9.58. The molecule has 0 saturated carbocycles. The summed E-state index contributed by atoms with van der Waals surface area (Å²) in [5.74, 6) is -0.969. The molecule has 0 aromatic carbocycles. The summed E-state index contributed by atoms with van der Waals surface area (Å²) in [5.41, 5.74) is -0.689. The van der Waals surface area contributed by atoms with Crippen molar-refractivity contribution in [3.05, 3.63) is 23.0 Å². The maximum atomic E-state index is 12.8. The molecule has 2 heterocycles. The summed E-state index contributed by atoms with van der Waals surface area (Å²) >= 11 is 0. The minimum absolute atomic E-state index is 0.492. The lowest BCUT2D eigenvalue weighted by molar-refractivity contribution is -0.129. The van der Waals surface area contributed by atoms with Crippen LogP contribution in [0.1, 0.15) is 52.9 Å². The van der Waals surface area contributed by atoms with Gasteiger partial charge in [-0.05, 0) is 70.7 Å². The third-order valence-electron chi connectivity index (χ3n) is 5.58. The maximum absolute atomic E-state index is 12.8. The fourth-order valence-electron chi connectivity index (χ4n) is 3.69. The monoisotopic (exact) mass is 401 g/mol. The first-order valence-electron chi connectivity index (χ1n) is 9.89. The Labute approximate surface area is 164 Å². The first kappa shape index (κ1) is 22.5. The van der Waals surface area contributed by atoms with Crippen molar-refractivity contribution in [2.75, 3.05) is 26.2 Å². The molecule has 158 valence electrons. The van der Waals surface area contributed by atoms with E-state index in [0.717, 1.165) is 51.5 Å². The highest BCUT2D eigenvalue weighted by Crippen LogP contribution is 2.27. The lowest BCUT2D eigenvalue weighted by Crippen LogP contribution is -2.43. The van der Waals surface area contributed by atoms with Gasteiger partial charge in [-0.3, -0.25) is 0 Å². The molecular weight excluding hydrogens is 371 g/mol. The van der Waals surface area contributed by atoms with Gasteiger partial charge in [0, 0.05) is 24.7 Å². The second-order valence-electron chi connectivity index (χ2n) is 7.55. The molecule has 2 aliphatic rings. The number of alkyl halides is 3.